The molecule has 24 heavy (non-hydrogen) atoms. The minimum absolute atomic E-state index is 0.0468. The standard InChI is InChI=1S/C14H15F7N2O/c1-3-9(2)24-11-6-4-10(5-7-11)8-22-23-14(20,21)12(15,16)13(17,18)19/h4-9,23H,3H2,1-2H3/b22-8+/t9-/m0/s1. The zero-order chi connectivity index (χ0) is 18.6. The lowest BCUT2D eigenvalue weighted by Crippen LogP contribution is -2.58. The second-order valence-corrected chi connectivity index (χ2v) is 4.92. The number of nitrogens with one attached hydrogen (secondary N) is 1. The predicted octanol–water partition coefficient (Wildman–Crippen LogP) is 4.58. The van der Waals surface area contributed by atoms with E-state index in [2.05, 4.69) is 5.10 Å². The summed E-state index contributed by atoms with van der Waals surface area (Å²) < 4.78 is 92.3. The summed E-state index contributed by atoms with van der Waals surface area (Å²) in [6, 6.07) is 0.138. The summed E-state index contributed by atoms with van der Waals surface area (Å²) in [5, 5.41) is 2.75. The molecule has 1 N–H and O–H groups in total. The van der Waals surface area contributed by atoms with Gasteiger partial charge in [0.15, 0.2) is 0 Å². The van der Waals surface area contributed by atoms with Crippen molar-refractivity contribution < 1.29 is 35.5 Å². The molecule has 0 aromatic heterocycles. The Morgan fingerprint density at radius 1 is 1.08 bits per heavy atom. The molecular formula is C14H15F7N2O. The number of benzene rings is 1. The monoisotopic (exact) mass is 360 g/mol. The van der Waals surface area contributed by atoms with Gasteiger partial charge >= 0.3 is 18.1 Å². The van der Waals surface area contributed by atoms with Gasteiger partial charge in [-0.2, -0.15) is 35.8 Å². The first-order chi connectivity index (χ1) is 10.9. The summed E-state index contributed by atoms with van der Waals surface area (Å²) >= 11 is 0. The summed E-state index contributed by atoms with van der Waals surface area (Å²) in [6.45, 7) is 3.75. The van der Waals surface area contributed by atoms with Crippen LogP contribution in [0.2, 0.25) is 0 Å². The van der Waals surface area contributed by atoms with Crippen molar-refractivity contribution in [3.05, 3.63) is 29.8 Å². The van der Waals surface area contributed by atoms with E-state index >= 15 is 0 Å². The SMILES string of the molecule is CC[C@H](C)Oc1ccc(/C=N/NC(F)(F)C(F)(F)C(F)(F)F)cc1. The van der Waals surface area contributed by atoms with E-state index in [1.54, 1.807) is 0 Å². The second kappa shape index (κ2) is 7.27. The molecule has 0 radical (unpaired) electrons. The van der Waals surface area contributed by atoms with Crippen molar-refractivity contribution in [2.75, 3.05) is 0 Å². The van der Waals surface area contributed by atoms with Gasteiger partial charge in [-0.3, -0.25) is 0 Å². The van der Waals surface area contributed by atoms with Gasteiger partial charge < -0.3 is 4.74 Å². The molecule has 0 unspecified atom stereocenters. The first-order valence-electron chi connectivity index (χ1n) is 6.80. The largest absolute Gasteiger partial charge is 0.491 e. The van der Waals surface area contributed by atoms with Crippen LogP contribution in [0.15, 0.2) is 29.4 Å². The Kier molecular flexibility index (Phi) is 6.07. The van der Waals surface area contributed by atoms with Crippen molar-refractivity contribution in [2.24, 2.45) is 5.10 Å². The van der Waals surface area contributed by atoms with Crippen LogP contribution >= 0.6 is 0 Å². The fraction of sp³-hybridized carbons (Fsp3) is 0.500. The molecule has 10 heteroatoms. The second-order valence-electron chi connectivity index (χ2n) is 4.92. The molecular weight excluding hydrogens is 345 g/mol. The summed E-state index contributed by atoms with van der Waals surface area (Å²) in [5.41, 5.74) is 0.744. The lowest BCUT2D eigenvalue weighted by atomic mass is 10.2. The number of rotatable bonds is 7. The minimum Gasteiger partial charge on any atom is -0.491 e. The topological polar surface area (TPSA) is 33.6 Å². The Balaban J connectivity index is 2.73. The van der Waals surface area contributed by atoms with Crippen molar-refractivity contribution in [3.8, 4) is 5.75 Å². The van der Waals surface area contributed by atoms with Gasteiger partial charge in [0.25, 0.3) is 0 Å². The van der Waals surface area contributed by atoms with Crippen molar-refractivity contribution in [3.63, 3.8) is 0 Å². The summed E-state index contributed by atoms with van der Waals surface area (Å²) in [7, 11) is 0. The number of ether oxygens (including phenoxy) is 1. The summed E-state index contributed by atoms with van der Waals surface area (Å²) in [4.78, 5) is 0. The van der Waals surface area contributed by atoms with Gasteiger partial charge in [-0.15, -0.1) is 0 Å². The molecule has 0 bridgehead atoms. The minimum atomic E-state index is -6.41. The molecule has 0 aliphatic heterocycles. The third kappa shape index (κ3) is 4.75. The van der Waals surface area contributed by atoms with Crippen molar-refractivity contribution in [1.29, 1.82) is 0 Å². The molecule has 0 aliphatic rings. The molecule has 0 heterocycles. The van der Waals surface area contributed by atoms with Crippen molar-refractivity contribution in [1.82, 2.24) is 5.43 Å². The number of alkyl halides is 7. The van der Waals surface area contributed by atoms with Crippen LogP contribution < -0.4 is 10.2 Å². The number of hydrogen-bond donors (Lipinski definition) is 1. The molecule has 3 nitrogen and oxygen atoms in total. The van der Waals surface area contributed by atoms with Gasteiger partial charge in [-0.05, 0) is 43.2 Å². The molecule has 0 spiro atoms. The Bertz CT molecular complexity index is 555. The highest BCUT2D eigenvalue weighted by molar-refractivity contribution is 5.79. The lowest BCUT2D eigenvalue weighted by Gasteiger charge is -2.27. The summed E-state index contributed by atoms with van der Waals surface area (Å²) in [6.07, 6.45) is -5.01. The zero-order valence-electron chi connectivity index (χ0n) is 12.7. The zero-order valence-corrected chi connectivity index (χ0v) is 12.7. The highest BCUT2D eigenvalue weighted by Crippen LogP contribution is 2.44. The lowest BCUT2D eigenvalue weighted by molar-refractivity contribution is -0.361. The maximum atomic E-state index is 12.9. The van der Waals surface area contributed by atoms with E-state index in [0.29, 0.717) is 17.4 Å². The average molecular weight is 360 g/mol. The van der Waals surface area contributed by atoms with E-state index < -0.39 is 18.1 Å². The average Bonchev–Trinajstić information content (AvgIpc) is 2.47. The maximum absolute atomic E-state index is 12.9. The normalized spacial score (nSPS) is 14.7. The Morgan fingerprint density at radius 3 is 2.08 bits per heavy atom. The molecule has 1 aromatic carbocycles. The van der Waals surface area contributed by atoms with E-state index in [4.69, 9.17) is 4.74 Å². The fourth-order valence-electron chi connectivity index (χ4n) is 1.38. The number of hydrogen-bond acceptors (Lipinski definition) is 3. The van der Waals surface area contributed by atoms with Crippen LogP contribution in [-0.2, 0) is 0 Å². The first-order valence-corrected chi connectivity index (χ1v) is 6.80. The van der Waals surface area contributed by atoms with Gasteiger partial charge in [0.05, 0.1) is 12.3 Å². The van der Waals surface area contributed by atoms with Gasteiger partial charge in [-0.25, -0.2) is 5.43 Å². The first kappa shape index (κ1) is 20.0. The van der Waals surface area contributed by atoms with Gasteiger partial charge in [-0.1, -0.05) is 6.92 Å². The van der Waals surface area contributed by atoms with E-state index in [-0.39, 0.29) is 11.7 Å². The molecule has 0 saturated heterocycles. The van der Waals surface area contributed by atoms with Crippen molar-refractivity contribution in [2.45, 2.75) is 44.5 Å². The molecule has 136 valence electrons. The number of nitrogens with zero attached hydrogens (tertiary/aromatic N) is 1. The fourth-order valence-corrected chi connectivity index (χ4v) is 1.38. The number of halogens is 7. The quantitative estimate of drug-likeness (QED) is 0.334. The summed E-state index contributed by atoms with van der Waals surface area (Å²) in [5.74, 6) is -5.77. The van der Waals surface area contributed by atoms with Crippen molar-refractivity contribution >= 4 is 6.21 Å². The predicted molar refractivity (Wildman–Crippen MR) is 73.5 cm³/mol. The van der Waals surface area contributed by atoms with Crippen LogP contribution in [0.4, 0.5) is 30.7 Å². The molecule has 0 fully saturated rings. The molecule has 1 rings (SSSR count). The van der Waals surface area contributed by atoms with Crippen LogP contribution in [0.25, 0.3) is 0 Å². The van der Waals surface area contributed by atoms with E-state index in [1.807, 2.05) is 13.8 Å². The van der Waals surface area contributed by atoms with Crippen LogP contribution in [0.1, 0.15) is 25.8 Å². The van der Waals surface area contributed by atoms with Crippen LogP contribution in [0.3, 0.4) is 0 Å². The maximum Gasteiger partial charge on any atom is 0.462 e. The third-order valence-corrected chi connectivity index (χ3v) is 2.96. The Labute approximate surface area is 133 Å². The van der Waals surface area contributed by atoms with Gasteiger partial charge in [0.2, 0.25) is 0 Å². The molecule has 0 aliphatic carbocycles. The number of hydrazone groups is 1. The van der Waals surface area contributed by atoms with E-state index in [9.17, 15) is 30.7 Å². The third-order valence-electron chi connectivity index (χ3n) is 2.96. The smallest absolute Gasteiger partial charge is 0.462 e. The van der Waals surface area contributed by atoms with Crippen LogP contribution in [0, 0.1) is 0 Å². The van der Waals surface area contributed by atoms with Crippen LogP contribution in [0.5, 0.6) is 5.75 Å². The van der Waals surface area contributed by atoms with Gasteiger partial charge in [0.1, 0.15) is 5.75 Å². The highest BCUT2D eigenvalue weighted by atomic mass is 19.4. The molecule has 0 amide bonds. The van der Waals surface area contributed by atoms with E-state index in [0.717, 1.165) is 6.42 Å². The highest BCUT2D eigenvalue weighted by Gasteiger charge is 2.73. The van der Waals surface area contributed by atoms with E-state index in [1.165, 1.54) is 24.3 Å². The molecule has 1 aromatic rings. The van der Waals surface area contributed by atoms with Crippen LogP contribution in [-0.4, -0.2) is 30.5 Å². The Morgan fingerprint density at radius 2 is 1.62 bits per heavy atom. The molecule has 0 saturated carbocycles. The Hall–Kier alpha value is -2.00. The van der Waals surface area contributed by atoms with Gasteiger partial charge in [0, 0.05) is 0 Å². The molecule has 1 atom stereocenters.